The first kappa shape index (κ1) is 21.6. The van der Waals surface area contributed by atoms with E-state index in [0.717, 1.165) is 22.3 Å². The molecule has 3 rings (SSSR count). The van der Waals surface area contributed by atoms with Crippen LogP contribution in [-0.2, 0) is 6.42 Å². The topological polar surface area (TPSA) is 27.7 Å². The van der Waals surface area contributed by atoms with E-state index in [1.165, 1.54) is 24.3 Å². The van der Waals surface area contributed by atoms with Crippen LogP contribution in [0.1, 0.15) is 34.8 Å². The molecular formula is C25H26F2O3. The molecule has 0 radical (unpaired) electrons. The number of hydrogen-bond acceptors (Lipinski definition) is 3. The smallest absolute Gasteiger partial charge is 0.204 e. The summed E-state index contributed by atoms with van der Waals surface area (Å²) in [5.41, 5.74) is 3.82. The van der Waals surface area contributed by atoms with Crippen molar-refractivity contribution >= 4 is 0 Å². The Labute approximate surface area is 176 Å². The first-order valence-electron chi connectivity index (χ1n) is 9.81. The maximum Gasteiger partial charge on any atom is 0.204 e. The van der Waals surface area contributed by atoms with Crippen molar-refractivity contribution in [2.24, 2.45) is 0 Å². The number of rotatable bonds is 8. The average Bonchev–Trinajstić information content (AvgIpc) is 2.75. The molecule has 0 aliphatic carbocycles. The lowest BCUT2D eigenvalue weighted by molar-refractivity contribution is 0.178. The molecule has 0 fully saturated rings. The number of hydrogen-bond donors (Lipinski definition) is 0. The standard InChI is InChI=1S/C25H26F2O3/c1-16-15-23(28-3)25(24(29-4)17(16)2)30-22(19-8-12-21(27)13-9-19)14-7-18-5-10-20(26)11-6-18/h5-6,8-13,15,22H,7,14H2,1-4H3. The Balaban J connectivity index is 1.95. The zero-order chi connectivity index (χ0) is 21.7. The fourth-order valence-electron chi connectivity index (χ4n) is 3.40. The van der Waals surface area contributed by atoms with Crippen molar-refractivity contribution in [1.82, 2.24) is 0 Å². The summed E-state index contributed by atoms with van der Waals surface area (Å²) in [7, 11) is 3.18. The molecule has 0 amide bonds. The fourth-order valence-corrected chi connectivity index (χ4v) is 3.40. The van der Waals surface area contributed by atoms with Gasteiger partial charge in [0.05, 0.1) is 14.2 Å². The summed E-state index contributed by atoms with van der Waals surface area (Å²) in [5.74, 6) is 1.12. The van der Waals surface area contributed by atoms with Gasteiger partial charge in [0.15, 0.2) is 11.5 Å². The Morgan fingerprint density at radius 1 is 0.800 bits per heavy atom. The number of aryl methyl sites for hydroxylation is 2. The predicted octanol–water partition coefficient (Wildman–Crippen LogP) is 6.35. The minimum absolute atomic E-state index is 0.269. The van der Waals surface area contributed by atoms with E-state index >= 15 is 0 Å². The molecule has 30 heavy (non-hydrogen) atoms. The van der Waals surface area contributed by atoms with Crippen LogP contribution in [-0.4, -0.2) is 14.2 Å². The van der Waals surface area contributed by atoms with Gasteiger partial charge in [-0.2, -0.15) is 0 Å². The molecule has 1 atom stereocenters. The quantitative estimate of drug-likeness (QED) is 0.431. The molecule has 0 aliphatic heterocycles. The SMILES string of the molecule is COc1cc(C)c(C)c(OC)c1OC(CCc1ccc(F)cc1)c1ccc(F)cc1. The summed E-state index contributed by atoms with van der Waals surface area (Å²) in [4.78, 5) is 0. The molecule has 158 valence electrons. The van der Waals surface area contributed by atoms with E-state index in [1.807, 2.05) is 19.9 Å². The number of methoxy groups -OCH3 is 2. The van der Waals surface area contributed by atoms with Gasteiger partial charge in [-0.15, -0.1) is 0 Å². The maximum atomic E-state index is 13.5. The summed E-state index contributed by atoms with van der Waals surface area (Å²) in [6.07, 6.45) is 0.898. The van der Waals surface area contributed by atoms with Crippen LogP contribution >= 0.6 is 0 Å². The second kappa shape index (κ2) is 9.61. The highest BCUT2D eigenvalue weighted by Gasteiger charge is 2.22. The van der Waals surface area contributed by atoms with Crippen LogP contribution in [0.2, 0.25) is 0 Å². The second-order valence-corrected chi connectivity index (χ2v) is 7.21. The molecular weight excluding hydrogens is 386 g/mol. The van der Waals surface area contributed by atoms with E-state index in [1.54, 1.807) is 38.5 Å². The van der Waals surface area contributed by atoms with Gasteiger partial charge in [0, 0.05) is 0 Å². The molecule has 0 saturated heterocycles. The fraction of sp³-hybridized carbons (Fsp3) is 0.280. The van der Waals surface area contributed by atoms with Crippen LogP contribution in [0, 0.1) is 25.5 Å². The van der Waals surface area contributed by atoms with E-state index in [-0.39, 0.29) is 17.7 Å². The van der Waals surface area contributed by atoms with Crippen molar-refractivity contribution in [3.63, 3.8) is 0 Å². The van der Waals surface area contributed by atoms with Crippen molar-refractivity contribution in [1.29, 1.82) is 0 Å². The van der Waals surface area contributed by atoms with Gasteiger partial charge in [-0.05, 0) is 79.3 Å². The Bertz CT molecular complexity index is 983. The van der Waals surface area contributed by atoms with Crippen LogP contribution in [0.15, 0.2) is 54.6 Å². The van der Waals surface area contributed by atoms with Crippen LogP contribution in [0.3, 0.4) is 0 Å². The Morgan fingerprint density at radius 2 is 1.40 bits per heavy atom. The van der Waals surface area contributed by atoms with E-state index in [2.05, 4.69) is 0 Å². The summed E-state index contributed by atoms with van der Waals surface area (Å²) in [6, 6.07) is 14.6. The second-order valence-electron chi connectivity index (χ2n) is 7.21. The van der Waals surface area contributed by atoms with Gasteiger partial charge in [0.25, 0.3) is 0 Å². The summed E-state index contributed by atoms with van der Waals surface area (Å²) >= 11 is 0. The predicted molar refractivity (Wildman–Crippen MR) is 114 cm³/mol. The Hall–Kier alpha value is -3.08. The third-order valence-corrected chi connectivity index (χ3v) is 5.24. The van der Waals surface area contributed by atoms with E-state index < -0.39 is 0 Å². The van der Waals surface area contributed by atoms with Crippen molar-refractivity contribution in [3.05, 3.63) is 88.5 Å². The molecule has 0 saturated carbocycles. The van der Waals surface area contributed by atoms with Gasteiger partial charge in [-0.3, -0.25) is 0 Å². The number of benzene rings is 3. The van der Waals surface area contributed by atoms with E-state index in [9.17, 15) is 8.78 Å². The van der Waals surface area contributed by atoms with E-state index in [0.29, 0.717) is 30.1 Å². The molecule has 0 bridgehead atoms. The molecule has 0 heterocycles. The monoisotopic (exact) mass is 412 g/mol. The Kier molecular flexibility index (Phi) is 6.93. The maximum absolute atomic E-state index is 13.5. The lowest BCUT2D eigenvalue weighted by Crippen LogP contribution is -2.11. The third kappa shape index (κ3) is 4.90. The van der Waals surface area contributed by atoms with Crippen molar-refractivity contribution in [2.75, 3.05) is 14.2 Å². The van der Waals surface area contributed by atoms with Crippen LogP contribution in [0.4, 0.5) is 8.78 Å². The van der Waals surface area contributed by atoms with Gasteiger partial charge in [-0.25, -0.2) is 8.78 Å². The molecule has 5 heteroatoms. The zero-order valence-electron chi connectivity index (χ0n) is 17.7. The van der Waals surface area contributed by atoms with Crippen LogP contribution < -0.4 is 14.2 Å². The van der Waals surface area contributed by atoms with Gasteiger partial charge in [0.2, 0.25) is 5.75 Å². The highest BCUT2D eigenvalue weighted by Crippen LogP contribution is 2.44. The lowest BCUT2D eigenvalue weighted by Gasteiger charge is -2.24. The molecule has 3 aromatic carbocycles. The highest BCUT2D eigenvalue weighted by molar-refractivity contribution is 5.58. The third-order valence-electron chi connectivity index (χ3n) is 5.24. The molecule has 3 aromatic rings. The number of ether oxygens (including phenoxy) is 3. The molecule has 3 nitrogen and oxygen atoms in total. The molecule has 0 aromatic heterocycles. The molecule has 0 N–H and O–H groups in total. The van der Waals surface area contributed by atoms with Crippen molar-refractivity contribution < 1.29 is 23.0 Å². The van der Waals surface area contributed by atoms with Gasteiger partial charge >= 0.3 is 0 Å². The lowest BCUT2D eigenvalue weighted by atomic mass is 10.0. The highest BCUT2D eigenvalue weighted by atomic mass is 19.1. The summed E-state index contributed by atoms with van der Waals surface area (Å²) in [5, 5.41) is 0. The average molecular weight is 412 g/mol. The van der Waals surface area contributed by atoms with Gasteiger partial charge in [0.1, 0.15) is 17.7 Å². The van der Waals surface area contributed by atoms with Crippen LogP contribution in [0.25, 0.3) is 0 Å². The molecule has 0 spiro atoms. The molecule has 0 aliphatic rings. The first-order valence-corrected chi connectivity index (χ1v) is 9.81. The van der Waals surface area contributed by atoms with E-state index in [4.69, 9.17) is 14.2 Å². The minimum Gasteiger partial charge on any atom is -0.493 e. The van der Waals surface area contributed by atoms with Crippen molar-refractivity contribution in [2.45, 2.75) is 32.8 Å². The zero-order valence-corrected chi connectivity index (χ0v) is 17.7. The normalized spacial score (nSPS) is 11.8. The first-order chi connectivity index (χ1) is 14.4. The molecule has 1 unspecified atom stereocenters. The van der Waals surface area contributed by atoms with Crippen molar-refractivity contribution in [3.8, 4) is 17.2 Å². The summed E-state index contributed by atoms with van der Waals surface area (Å²) < 4.78 is 44.3. The number of halogens is 2. The Morgan fingerprint density at radius 3 is 1.97 bits per heavy atom. The minimum atomic E-state index is -0.374. The van der Waals surface area contributed by atoms with Crippen LogP contribution in [0.5, 0.6) is 17.2 Å². The largest absolute Gasteiger partial charge is 0.493 e. The summed E-state index contributed by atoms with van der Waals surface area (Å²) in [6.45, 7) is 3.95. The van der Waals surface area contributed by atoms with Gasteiger partial charge < -0.3 is 14.2 Å². The van der Waals surface area contributed by atoms with Gasteiger partial charge in [-0.1, -0.05) is 24.3 Å².